The second-order valence-corrected chi connectivity index (χ2v) is 13.7. The lowest BCUT2D eigenvalue weighted by atomic mass is 10.5. The predicted octanol–water partition coefficient (Wildman–Crippen LogP) is 9.38. The molecule has 0 spiro atoms. The van der Waals surface area contributed by atoms with E-state index in [0.717, 1.165) is 38.5 Å². The van der Waals surface area contributed by atoms with E-state index in [-0.39, 0.29) is 0 Å². The van der Waals surface area contributed by atoms with Gasteiger partial charge in [0.1, 0.15) is 19.0 Å². The SMILES string of the molecule is CCCO[P+](=NP(=NC(C)P(=NCC)(OCCC)OCCC)(OCCC)OCCC)OCCC. The van der Waals surface area contributed by atoms with Gasteiger partial charge in [-0.1, -0.05) is 41.5 Å². The van der Waals surface area contributed by atoms with Crippen LogP contribution in [0.25, 0.3) is 0 Å². The molecule has 0 aromatic carbocycles. The first-order valence-corrected chi connectivity index (χ1v) is 17.3. The Kier molecular flexibility index (Phi) is 21.6. The van der Waals surface area contributed by atoms with Gasteiger partial charge >= 0.3 is 15.8 Å². The van der Waals surface area contributed by atoms with Gasteiger partial charge in [0.05, 0.1) is 30.9 Å². The highest BCUT2D eigenvalue weighted by molar-refractivity contribution is 7.62. The molecule has 0 saturated heterocycles. The van der Waals surface area contributed by atoms with Gasteiger partial charge in [-0.25, -0.2) is 4.74 Å². The molecule has 0 bridgehead atoms. The Hall–Kier alpha value is 0.320. The molecule has 0 radical (unpaired) electrons. The van der Waals surface area contributed by atoms with Crippen LogP contribution < -0.4 is 0 Å². The molecule has 0 aliphatic heterocycles. The maximum absolute atomic E-state index is 6.31. The Morgan fingerprint density at radius 3 is 1.41 bits per heavy atom. The third-order valence-electron chi connectivity index (χ3n) is 4.01. The van der Waals surface area contributed by atoms with Crippen molar-refractivity contribution in [2.45, 2.75) is 99.7 Å². The van der Waals surface area contributed by atoms with E-state index in [1.54, 1.807) is 0 Å². The van der Waals surface area contributed by atoms with Crippen molar-refractivity contribution in [1.82, 2.24) is 0 Å². The molecular weight excluding hydrogens is 495 g/mol. The molecule has 0 aromatic rings. The van der Waals surface area contributed by atoms with Crippen molar-refractivity contribution in [3.05, 3.63) is 0 Å². The molecule has 0 fully saturated rings. The maximum atomic E-state index is 6.31. The van der Waals surface area contributed by atoms with Crippen LogP contribution in [0.3, 0.4) is 0 Å². The van der Waals surface area contributed by atoms with Gasteiger partial charge in [-0.3, -0.25) is 4.74 Å². The van der Waals surface area contributed by atoms with Crippen LogP contribution in [0.15, 0.2) is 14.0 Å². The zero-order valence-corrected chi connectivity index (χ0v) is 25.6. The van der Waals surface area contributed by atoms with Gasteiger partial charge in [-0.05, 0) is 52.4 Å². The molecule has 12 heteroatoms. The first kappa shape index (κ1) is 34.3. The number of hydrogen-bond acceptors (Lipinski definition) is 8. The van der Waals surface area contributed by atoms with Gasteiger partial charge in [0.2, 0.25) is 7.51 Å². The quantitative estimate of drug-likeness (QED) is 0.126. The standard InChI is InChI=1S/C22H51N3O6P3/c1-9-16-26-32(27-17-10-2)25-34(30-20-13-5,31-21-14-6)24-22(8)33(23-15-7,28-18-11-3)29-19-12-4/h22H,9-21H2,1-8H3/q+1. The van der Waals surface area contributed by atoms with Gasteiger partial charge < -0.3 is 18.1 Å². The van der Waals surface area contributed by atoms with Gasteiger partial charge in [0.15, 0.2) is 0 Å². The van der Waals surface area contributed by atoms with Crippen molar-refractivity contribution in [3.63, 3.8) is 0 Å². The second kappa shape index (κ2) is 21.4. The Labute approximate surface area is 210 Å². The van der Waals surface area contributed by atoms with E-state index in [1.165, 1.54) is 0 Å². The topological polar surface area (TPSA) is 92.5 Å². The molecule has 0 saturated carbocycles. The van der Waals surface area contributed by atoms with E-state index >= 15 is 0 Å². The highest BCUT2D eigenvalue weighted by Crippen LogP contribution is 2.65. The monoisotopic (exact) mass is 546 g/mol. The molecule has 1 unspecified atom stereocenters. The van der Waals surface area contributed by atoms with Crippen molar-refractivity contribution in [1.29, 1.82) is 0 Å². The van der Waals surface area contributed by atoms with Crippen molar-refractivity contribution >= 4 is 23.3 Å². The van der Waals surface area contributed by atoms with E-state index in [9.17, 15) is 0 Å². The maximum Gasteiger partial charge on any atom is 0.569 e. The molecule has 0 aliphatic rings. The van der Waals surface area contributed by atoms with Crippen molar-refractivity contribution in [2.75, 3.05) is 46.2 Å². The summed E-state index contributed by atoms with van der Waals surface area (Å²) in [4.78, 5) is 0. The summed E-state index contributed by atoms with van der Waals surface area (Å²) in [5, 5.41) is 0. The molecule has 0 aliphatic carbocycles. The fourth-order valence-corrected chi connectivity index (χ4v) is 9.56. The lowest BCUT2D eigenvalue weighted by Gasteiger charge is -2.29. The summed E-state index contributed by atoms with van der Waals surface area (Å²) in [6.45, 7) is 20.1. The van der Waals surface area contributed by atoms with E-state index in [0.29, 0.717) is 46.2 Å². The van der Waals surface area contributed by atoms with E-state index in [2.05, 4.69) is 41.5 Å². The van der Waals surface area contributed by atoms with Crippen LogP contribution in [0.2, 0.25) is 0 Å². The first-order chi connectivity index (χ1) is 16.4. The lowest BCUT2D eigenvalue weighted by Crippen LogP contribution is -2.11. The zero-order valence-electron chi connectivity index (χ0n) is 22.9. The van der Waals surface area contributed by atoms with Crippen LogP contribution in [-0.2, 0) is 27.1 Å². The molecule has 34 heavy (non-hydrogen) atoms. The van der Waals surface area contributed by atoms with E-state index in [1.807, 2.05) is 13.8 Å². The van der Waals surface area contributed by atoms with Crippen LogP contribution in [0.4, 0.5) is 0 Å². The molecule has 0 amide bonds. The summed E-state index contributed by atoms with van der Waals surface area (Å²) in [6.07, 6.45) is 5.11. The fraction of sp³-hybridized carbons (Fsp3) is 1.00. The van der Waals surface area contributed by atoms with Crippen LogP contribution in [0.1, 0.15) is 93.9 Å². The molecule has 0 aromatic heterocycles. The minimum Gasteiger partial charge on any atom is -0.322 e. The second-order valence-electron chi connectivity index (χ2n) is 7.59. The minimum atomic E-state index is -3.07. The third kappa shape index (κ3) is 13.6. The smallest absolute Gasteiger partial charge is 0.322 e. The van der Waals surface area contributed by atoms with Crippen LogP contribution in [0.5, 0.6) is 0 Å². The molecule has 1 atom stereocenters. The highest BCUT2D eigenvalue weighted by Gasteiger charge is 2.37. The summed E-state index contributed by atoms with van der Waals surface area (Å²) < 4.78 is 52.0. The number of rotatable bonds is 22. The normalized spacial score (nSPS) is 13.1. The molecule has 204 valence electrons. The van der Waals surface area contributed by atoms with Gasteiger partial charge in [-0.2, -0.15) is 0 Å². The molecule has 0 rings (SSSR count). The number of nitrogens with zero attached hydrogens (tertiary/aromatic N) is 3. The Bertz CT molecular complexity index is 615. The van der Waals surface area contributed by atoms with Crippen LogP contribution >= 0.6 is 23.3 Å². The average molecular weight is 547 g/mol. The largest absolute Gasteiger partial charge is 0.569 e. The van der Waals surface area contributed by atoms with Crippen LogP contribution in [0, 0.1) is 0 Å². The average Bonchev–Trinajstić information content (AvgIpc) is 2.84. The minimum absolute atomic E-state index is 0.398. The van der Waals surface area contributed by atoms with Crippen molar-refractivity contribution in [2.24, 2.45) is 14.0 Å². The predicted molar refractivity (Wildman–Crippen MR) is 146 cm³/mol. The number of hydrogen-bond donors (Lipinski definition) is 0. The first-order valence-electron chi connectivity index (χ1n) is 13.0. The van der Waals surface area contributed by atoms with E-state index in [4.69, 9.17) is 41.1 Å². The van der Waals surface area contributed by atoms with Gasteiger partial charge in [0.25, 0.3) is 0 Å². The highest BCUT2D eigenvalue weighted by atomic mass is 31.2. The van der Waals surface area contributed by atoms with E-state index < -0.39 is 29.1 Å². The summed E-state index contributed by atoms with van der Waals surface area (Å²) in [5.74, 6) is -0.398. The van der Waals surface area contributed by atoms with Crippen molar-refractivity contribution in [3.8, 4) is 0 Å². The van der Waals surface area contributed by atoms with Crippen molar-refractivity contribution < 1.29 is 27.1 Å². The fourth-order valence-electron chi connectivity index (χ4n) is 2.49. The van der Waals surface area contributed by atoms with Gasteiger partial charge in [0, 0.05) is 6.54 Å². The summed E-state index contributed by atoms with van der Waals surface area (Å²) in [6, 6.07) is 0. The van der Waals surface area contributed by atoms with Gasteiger partial charge in [-0.15, -0.1) is 9.05 Å². The summed E-state index contributed by atoms with van der Waals surface area (Å²) >= 11 is 0. The summed E-state index contributed by atoms with van der Waals surface area (Å²) in [5.41, 5.74) is 0. The Morgan fingerprint density at radius 1 is 0.618 bits per heavy atom. The van der Waals surface area contributed by atoms with Crippen LogP contribution in [-0.4, -0.2) is 52.0 Å². The lowest BCUT2D eigenvalue weighted by molar-refractivity contribution is 0.225. The summed E-state index contributed by atoms with van der Waals surface area (Å²) in [7, 11) is -7.30. The molecular formula is C22H51N3O6P3+. The molecule has 0 N–H and O–H groups in total. The zero-order chi connectivity index (χ0) is 25.7. The molecule has 9 nitrogen and oxygen atoms in total. The third-order valence-corrected chi connectivity index (χ3v) is 11.0. The molecule has 0 heterocycles. The Balaban J connectivity index is 6.73. The Morgan fingerprint density at radius 2 is 1.03 bits per heavy atom.